The first-order chi connectivity index (χ1) is 6.20. The van der Waals surface area contributed by atoms with Crippen LogP contribution in [0.3, 0.4) is 0 Å². The molecule has 1 aliphatic carbocycles. The van der Waals surface area contributed by atoms with Crippen molar-refractivity contribution in [2.75, 3.05) is 6.61 Å². The molecule has 0 fully saturated rings. The van der Waals surface area contributed by atoms with Crippen molar-refractivity contribution in [3.8, 4) is 0 Å². The van der Waals surface area contributed by atoms with Gasteiger partial charge in [0, 0.05) is 5.57 Å². The molecule has 2 nitrogen and oxygen atoms in total. The molecule has 0 saturated heterocycles. The standard InChI is InChI=1S/C11H16O2/c1-9(2)11(12)13-8-10-6-4-3-5-7-10/h6H,1,3-5,7-8H2,2H3. The molecule has 2 heteroatoms. The molecule has 0 heterocycles. The molecule has 0 aromatic heterocycles. The van der Waals surface area contributed by atoms with Crippen LogP contribution in [0.25, 0.3) is 0 Å². The number of carbonyl (C=O) groups excluding carboxylic acids is 1. The number of hydrogen-bond acceptors (Lipinski definition) is 2. The Bertz CT molecular complexity index is 238. The van der Waals surface area contributed by atoms with E-state index >= 15 is 0 Å². The van der Waals surface area contributed by atoms with Crippen LogP contribution in [0.2, 0.25) is 0 Å². The Labute approximate surface area is 79.3 Å². The van der Waals surface area contributed by atoms with Crippen molar-refractivity contribution in [3.05, 3.63) is 23.8 Å². The van der Waals surface area contributed by atoms with Crippen LogP contribution < -0.4 is 0 Å². The Morgan fingerprint density at radius 2 is 2.38 bits per heavy atom. The molecule has 0 saturated carbocycles. The molecule has 72 valence electrons. The molecule has 0 aromatic rings. The fraction of sp³-hybridized carbons (Fsp3) is 0.545. The molecule has 1 rings (SSSR count). The second-order valence-corrected chi connectivity index (χ2v) is 3.46. The van der Waals surface area contributed by atoms with Gasteiger partial charge in [-0.1, -0.05) is 12.7 Å². The summed E-state index contributed by atoms with van der Waals surface area (Å²) in [7, 11) is 0. The number of ether oxygens (including phenoxy) is 1. The second kappa shape index (κ2) is 4.85. The molecule has 0 unspecified atom stereocenters. The molecule has 0 spiro atoms. The topological polar surface area (TPSA) is 26.3 Å². The third-order valence-electron chi connectivity index (χ3n) is 2.12. The average Bonchev–Trinajstić information content (AvgIpc) is 2.15. The van der Waals surface area contributed by atoms with E-state index in [4.69, 9.17) is 4.74 Å². The van der Waals surface area contributed by atoms with Gasteiger partial charge < -0.3 is 4.74 Å². The lowest BCUT2D eigenvalue weighted by atomic mass is 10.0. The summed E-state index contributed by atoms with van der Waals surface area (Å²) < 4.78 is 5.04. The summed E-state index contributed by atoms with van der Waals surface area (Å²) in [5.74, 6) is -0.286. The third-order valence-corrected chi connectivity index (χ3v) is 2.12. The summed E-state index contributed by atoms with van der Waals surface area (Å²) in [5, 5.41) is 0. The summed E-state index contributed by atoms with van der Waals surface area (Å²) in [5.41, 5.74) is 1.72. The Kier molecular flexibility index (Phi) is 3.74. The molecule has 0 N–H and O–H groups in total. The molecular formula is C11H16O2. The normalized spacial score (nSPS) is 16.2. The first kappa shape index (κ1) is 10.0. The van der Waals surface area contributed by atoms with Crippen LogP contribution in [0.4, 0.5) is 0 Å². The lowest BCUT2D eigenvalue weighted by Crippen LogP contribution is -2.09. The number of allylic oxidation sites excluding steroid dienone is 1. The maximum absolute atomic E-state index is 11.0. The molecule has 1 aliphatic rings. The van der Waals surface area contributed by atoms with Crippen molar-refractivity contribution in [3.63, 3.8) is 0 Å². The van der Waals surface area contributed by atoms with Crippen LogP contribution in [0, 0.1) is 0 Å². The van der Waals surface area contributed by atoms with Crippen LogP contribution in [0.15, 0.2) is 23.8 Å². The molecule has 0 atom stereocenters. The van der Waals surface area contributed by atoms with E-state index < -0.39 is 0 Å². The highest BCUT2D eigenvalue weighted by atomic mass is 16.5. The Hall–Kier alpha value is -1.05. The fourth-order valence-corrected chi connectivity index (χ4v) is 1.32. The molecule has 0 amide bonds. The first-order valence-electron chi connectivity index (χ1n) is 4.70. The van der Waals surface area contributed by atoms with E-state index in [1.807, 2.05) is 0 Å². The van der Waals surface area contributed by atoms with E-state index in [2.05, 4.69) is 12.7 Å². The lowest BCUT2D eigenvalue weighted by molar-refractivity contribution is -0.138. The highest BCUT2D eigenvalue weighted by Gasteiger charge is 2.07. The quantitative estimate of drug-likeness (QED) is 0.379. The van der Waals surface area contributed by atoms with Crippen molar-refractivity contribution in [1.29, 1.82) is 0 Å². The van der Waals surface area contributed by atoms with Crippen LogP contribution in [0.1, 0.15) is 32.6 Å². The van der Waals surface area contributed by atoms with Crippen LogP contribution in [0.5, 0.6) is 0 Å². The van der Waals surface area contributed by atoms with Gasteiger partial charge in [-0.05, 0) is 38.2 Å². The number of rotatable bonds is 3. The average molecular weight is 180 g/mol. The van der Waals surface area contributed by atoms with Gasteiger partial charge in [-0.3, -0.25) is 0 Å². The molecule has 13 heavy (non-hydrogen) atoms. The predicted octanol–water partition coefficient (Wildman–Crippen LogP) is 2.61. The van der Waals surface area contributed by atoms with Gasteiger partial charge in [0.2, 0.25) is 0 Å². The van der Waals surface area contributed by atoms with Crippen LogP contribution >= 0.6 is 0 Å². The monoisotopic (exact) mass is 180 g/mol. The maximum Gasteiger partial charge on any atom is 0.333 e. The van der Waals surface area contributed by atoms with Gasteiger partial charge in [0.15, 0.2) is 0 Å². The van der Waals surface area contributed by atoms with Crippen molar-refractivity contribution in [1.82, 2.24) is 0 Å². The Morgan fingerprint density at radius 3 is 2.92 bits per heavy atom. The second-order valence-electron chi connectivity index (χ2n) is 3.46. The van der Waals surface area contributed by atoms with Gasteiger partial charge in [0.25, 0.3) is 0 Å². The lowest BCUT2D eigenvalue weighted by Gasteiger charge is -2.12. The Morgan fingerprint density at radius 1 is 1.62 bits per heavy atom. The van der Waals surface area contributed by atoms with Gasteiger partial charge in [-0.15, -0.1) is 0 Å². The van der Waals surface area contributed by atoms with E-state index in [0.717, 1.165) is 12.8 Å². The first-order valence-corrected chi connectivity index (χ1v) is 4.70. The zero-order valence-corrected chi connectivity index (χ0v) is 8.14. The molecule has 0 bridgehead atoms. The zero-order chi connectivity index (χ0) is 9.68. The molecule has 0 aliphatic heterocycles. The third kappa shape index (κ3) is 3.45. The minimum atomic E-state index is -0.286. The van der Waals surface area contributed by atoms with E-state index in [-0.39, 0.29) is 5.97 Å². The fourth-order valence-electron chi connectivity index (χ4n) is 1.32. The minimum Gasteiger partial charge on any atom is -0.458 e. The van der Waals surface area contributed by atoms with Crippen LogP contribution in [-0.2, 0) is 9.53 Å². The van der Waals surface area contributed by atoms with E-state index in [9.17, 15) is 4.79 Å². The van der Waals surface area contributed by atoms with Gasteiger partial charge >= 0.3 is 5.97 Å². The van der Waals surface area contributed by atoms with Gasteiger partial charge in [0.1, 0.15) is 6.61 Å². The minimum absolute atomic E-state index is 0.286. The number of hydrogen-bond donors (Lipinski definition) is 0. The summed E-state index contributed by atoms with van der Waals surface area (Å²) >= 11 is 0. The predicted molar refractivity (Wildman–Crippen MR) is 52.3 cm³/mol. The van der Waals surface area contributed by atoms with Gasteiger partial charge in [0.05, 0.1) is 0 Å². The van der Waals surface area contributed by atoms with E-state index in [0.29, 0.717) is 12.2 Å². The van der Waals surface area contributed by atoms with E-state index in [1.54, 1.807) is 6.92 Å². The van der Waals surface area contributed by atoms with Gasteiger partial charge in [-0.25, -0.2) is 4.79 Å². The van der Waals surface area contributed by atoms with Crippen molar-refractivity contribution in [2.24, 2.45) is 0 Å². The highest BCUT2D eigenvalue weighted by Crippen LogP contribution is 2.17. The van der Waals surface area contributed by atoms with Crippen LogP contribution in [-0.4, -0.2) is 12.6 Å². The van der Waals surface area contributed by atoms with E-state index in [1.165, 1.54) is 18.4 Å². The van der Waals surface area contributed by atoms with Crippen molar-refractivity contribution >= 4 is 5.97 Å². The summed E-state index contributed by atoms with van der Waals surface area (Å²) in [4.78, 5) is 11.0. The maximum atomic E-state index is 11.0. The highest BCUT2D eigenvalue weighted by molar-refractivity contribution is 5.87. The molecular weight excluding hydrogens is 164 g/mol. The Balaban J connectivity index is 2.29. The van der Waals surface area contributed by atoms with Gasteiger partial charge in [-0.2, -0.15) is 0 Å². The van der Waals surface area contributed by atoms with Crippen molar-refractivity contribution < 1.29 is 9.53 Å². The summed E-state index contributed by atoms with van der Waals surface area (Å²) in [6.07, 6.45) is 6.85. The number of esters is 1. The largest absolute Gasteiger partial charge is 0.458 e. The molecule has 0 radical (unpaired) electrons. The smallest absolute Gasteiger partial charge is 0.333 e. The zero-order valence-electron chi connectivity index (χ0n) is 8.14. The molecule has 0 aromatic carbocycles. The SMILES string of the molecule is C=C(C)C(=O)OCC1=CCCCC1. The van der Waals surface area contributed by atoms with Crippen molar-refractivity contribution in [2.45, 2.75) is 32.6 Å². The number of carbonyl (C=O) groups is 1. The summed E-state index contributed by atoms with van der Waals surface area (Å²) in [6.45, 7) is 5.64. The summed E-state index contributed by atoms with van der Waals surface area (Å²) in [6, 6.07) is 0.